The van der Waals surface area contributed by atoms with Crippen LogP contribution in [0.15, 0.2) is 48.5 Å². The first-order valence-electron chi connectivity index (χ1n) is 11.3. The van der Waals surface area contributed by atoms with E-state index >= 15 is 0 Å². The SMILES string of the molecule is Cc1ccc(OC(=O)[C@H](O)C(O)C(=O)O)c(C(O)(CCN(C(C)C)C(C)C)c2ccccc2)c1. The van der Waals surface area contributed by atoms with E-state index in [1.807, 2.05) is 13.0 Å². The Morgan fingerprint density at radius 1 is 0.971 bits per heavy atom. The van der Waals surface area contributed by atoms with Crippen LogP contribution in [0.1, 0.15) is 50.8 Å². The number of benzene rings is 2. The second-order valence-corrected chi connectivity index (χ2v) is 9.05. The molecule has 0 spiro atoms. The van der Waals surface area contributed by atoms with Crippen LogP contribution >= 0.6 is 0 Å². The van der Waals surface area contributed by atoms with Gasteiger partial charge in [-0.05, 0) is 58.7 Å². The van der Waals surface area contributed by atoms with E-state index in [0.29, 0.717) is 17.7 Å². The van der Waals surface area contributed by atoms with Crippen LogP contribution < -0.4 is 4.74 Å². The number of carbonyl (C=O) groups excluding carboxylic acids is 1. The van der Waals surface area contributed by atoms with Crippen molar-refractivity contribution in [1.82, 2.24) is 4.90 Å². The second-order valence-electron chi connectivity index (χ2n) is 9.05. The molecule has 34 heavy (non-hydrogen) atoms. The number of esters is 1. The first kappa shape index (κ1) is 27.5. The van der Waals surface area contributed by atoms with Gasteiger partial charge in [-0.3, -0.25) is 4.90 Å². The number of hydrogen-bond acceptors (Lipinski definition) is 7. The zero-order chi connectivity index (χ0) is 25.6. The maximum absolute atomic E-state index is 12.4. The van der Waals surface area contributed by atoms with Gasteiger partial charge in [0.25, 0.3) is 0 Å². The molecule has 3 atom stereocenters. The van der Waals surface area contributed by atoms with E-state index < -0.39 is 29.7 Å². The molecule has 0 saturated carbocycles. The van der Waals surface area contributed by atoms with Gasteiger partial charge in [-0.25, -0.2) is 9.59 Å². The molecule has 0 radical (unpaired) electrons. The molecule has 2 aromatic carbocycles. The lowest BCUT2D eigenvalue weighted by Crippen LogP contribution is -2.43. The minimum absolute atomic E-state index is 0.0285. The average Bonchev–Trinajstić information content (AvgIpc) is 2.79. The molecule has 2 unspecified atom stereocenters. The number of rotatable bonds is 11. The van der Waals surface area contributed by atoms with Gasteiger partial charge in [-0.15, -0.1) is 0 Å². The number of carboxylic acid groups (broad SMARTS) is 1. The zero-order valence-corrected chi connectivity index (χ0v) is 20.3. The van der Waals surface area contributed by atoms with Crippen molar-refractivity contribution in [2.75, 3.05) is 6.54 Å². The van der Waals surface area contributed by atoms with Gasteiger partial charge in [0.2, 0.25) is 0 Å². The van der Waals surface area contributed by atoms with Crippen LogP contribution in [0.3, 0.4) is 0 Å². The standard InChI is InChI=1S/C26H35NO7/c1-16(2)27(17(3)4)14-13-26(33,19-9-7-6-8-10-19)20-15-18(5)11-12-21(20)34-25(32)23(29)22(28)24(30)31/h6-12,15-17,22-23,28-29,33H,13-14H2,1-5H3,(H,30,31)/t22?,23-,26?/m1/s1. The van der Waals surface area contributed by atoms with E-state index in [-0.39, 0.29) is 24.3 Å². The van der Waals surface area contributed by atoms with Crippen LogP contribution in [0.2, 0.25) is 0 Å². The normalized spacial score (nSPS) is 15.3. The fraction of sp³-hybridized carbons (Fsp3) is 0.462. The van der Waals surface area contributed by atoms with Gasteiger partial charge in [0.1, 0.15) is 11.4 Å². The van der Waals surface area contributed by atoms with Gasteiger partial charge in [0.05, 0.1) is 0 Å². The van der Waals surface area contributed by atoms with Crippen molar-refractivity contribution in [1.29, 1.82) is 0 Å². The Morgan fingerprint density at radius 3 is 2.09 bits per heavy atom. The lowest BCUT2D eigenvalue weighted by molar-refractivity contribution is -0.164. The van der Waals surface area contributed by atoms with Crippen LogP contribution in [0.25, 0.3) is 0 Å². The number of aliphatic carboxylic acids is 1. The topological polar surface area (TPSA) is 128 Å². The zero-order valence-electron chi connectivity index (χ0n) is 20.3. The van der Waals surface area contributed by atoms with Crippen molar-refractivity contribution >= 4 is 11.9 Å². The van der Waals surface area contributed by atoms with Gasteiger partial charge in [0.15, 0.2) is 12.2 Å². The molecule has 0 aromatic heterocycles. The Kier molecular flexibility index (Phi) is 9.35. The predicted molar refractivity (Wildman–Crippen MR) is 127 cm³/mol. The smallest absolute Gasteiger partial charge is 0.343 e. The summed E-state index contributed by atoms with van der Waals surface area (Å²) in [6, 6.07) is 14.3. The van der Waals surface area contributed by atoms with Crippen LogP contribution in [0, 0.1) is 6.92 Å². The molecular weight excluding hydrogens is 438 g/mol. The number of aliphatic hydroxyl groups excluding tert-OH is 2. The molecule has 0 bridgehead atoms. The van der Waals surface area contributed by atoms with Crippen molar-refractivity contribution in [3.8, 4) is 5.75 Å². The van der Waals surface area contributed by atoms with Crippen LogP contribution in [0.4, 0.5) is 0 Å². The highest BCUT2D eigenvalue weighted by atomic mass is 16.6. The lowest BCUT2D eigenvalue weighted by atomic mass is 9.82. The Labute approximate surface area is 200 Å². The molecule has 4 N–H and O–H groups in total. The Hall–Kier alpha value is -2.78. The minimum Gasteiger partial charge on any atom is -0.479 e. The number of hydrogen-bond donors (Lipinski definition) is 4. The summed E-state index contributed by atoms with van der Waals surface area (Å²) < 4.78 is 5.32. The van der Waals surface area contributed by atoms with E-state index in [4.69, 9.17) is 9.84 Å². The summed E-state index contributed by atoms with van der Waals surface area (Å²) in [5.74, 6) is -3.11. The lowest BCUT2D eigenvalue weighted by Gasteiger charge is -2.36. The minimum atomic E-state index is -2.33. The number of nitrogens with zero attached hydrogens (tertiary/aromatic N) is 1. The largest absolute Gasteiger partial charge is 0.479 e. The third-order valence-electron chi connectivity index (χ3n) is 5.89. The first-order chi connectivity index (χ1) is 15.9. The average molecular weight is 474 g/mol. The number of carboxylic acids is 1. The summed E-state index contributed by atoms with van der Waals surface area (Å²) in [4.78, 5) is 25.6. The fourth-order valence-corrected chi connectivity index (χ4v) is 4.04. The Balaban J connectivity index is 2.53. The highest BCUT2D eigenvalue weighted by Crippen LogP contribution is 2.39. The molecular formula is C26H35NO7. The molecule has 0 amide bonds. The molecule has 0 saturated heterocycles. The number of carbonyl (C=O) groups is 2. The highest BCUT2D eigenvalue weighted by Gasteiger charge is 2.37. The third kappa shape index (κ3) is 6.42. The summed E-state index contributed by atoms with van der Waals surface area (Å²) in [5, 5.41) is 40.4. The van der Waals surface area contributed by atoms with E-state index in [2.05, 4.69) is 32.6 Å². The maximum atomic E-state index is 12.4. The summed E-state index contributed by atoms with van der Waals surface area (Å²) in [7, 11) is 0. The summed E-state index contributed by atoms with van der Waals surface area (Å²) in [6.45, 7) is 10.7. The number of aryl methyl sites for hydroxylation is 1. The van der Waals surface area contributed by atoms with E-state index in [0.717, 1.165) is 5.56 Å². The fourth-order valence-electron chi connectivity index (χ4n) is 4.04. The highest BCUT2D eigenvalue weighted by molar-refractivity contribution is 5.85. The van der Waals surface area contributed by atoms with Crippen LogP contribution in [-0.4, -0.2) is 68.1 Å². The summed E-state index contributed by atoms with van der Waals surface area (Å²) in [5.41, 5.74) is 0.147. The monoisotopic (exact) mass is 473 g/mol. The quantitative estimate of drug-likeness (QED) is 0.290. The molecule has 186 valence electrons. The molecule has 8 nitrogen and oxygen atoms in total. The van der Waals surface area contributed by atoms with Gasteiger partial charge >= 0.3 is 11.9 Å². The Bertz CT molecular complexity index is 968. The van der Waals surface area contributed by atoms with E-state index in [9.17, 15) is 24.9 Å². The third-order valence-corrected chi connectivity index (χ3v) is 5.89. The molecule has 0 aliphatic heterocycles. The molecule has 0 aliphatic carbocycles. The maximum Gasteiger partial charge on any atom is 0.343 e. The molecule has 2 rings (SSSR count). The van der Waals surface area contributed by atoms with Gasteiger partial charge in [-0.1, -0.05) is 42.0 Å². The molecule has 0 aliphatic rings. The molecule has 8 heteroatoms. The van der Waals surface area contributed by atoms with E-state index in [1.54, 1.807) is 36.4 Å². The van der Waals surface area contributed by atoms with Crippen molar-refractivity contribution in [3.63, 3.8) is 0 Å². The summed E-state index contributed by atoms with van der Waals surface area (Å²) in [6.07, 6.45) is -4.34. The predicted octanol–water partition coefficient (Wildman–Crippen LogP) is 2.45. The van der Waals surface area contributed by atoms with Crippen LogP contribution in [0.5, 0.6) is 5.75 Å². The Morgan fingerprint density at radius 2 is 1.56 bits per heavy atom. The van der Waals surface area contributed by atoms with Gasteiger partial charge in [-0.2, -0.15) is 0 Å². The second kappa shape index (κ2) is 11.6. The van der Waals surface area contributed by atoms with Gasteiger partial charge in [0, 0.05) is 24.2 Å². The molecule has 2 aromatic rings. The van der Waals surface area contributed by atoms with Crippen molar-refractivity contribution in [2.24, 2.45) is 0 Å². The van der Waals surface area contributed by atoms with E-state index in [1.165, 1.54) is 6.07 Å². The molecule has 0 fully saturated rings. The number of aliphatic hydroxyl groups is 3. The van der Waals surface area contributed by atoms with Crippen molar-refractivity contribution < 1.29 is 34.8 Å². The van der Waals surface area contributed by atoms with Crippen molar-refractivity contribution in [3.05, 3.63) is 65.2 Å². The van der Waals surface area contributed by atoms with Gasteiger partial charge < -0.3 is 25.2 Å². The molecule has 0 heterocycles. The number of ether oxygens (including phenoxy) is 1. The van der Waals surface area contributed by atoms with Crippen molar-refractivity contribution in [2.45, 2.75) is 70.9 Å². The summed E-state index contributed by atoms with van der Waals surface area (Å²) >= 11 is 0. The van der Waals surface area contributed by atoms with Crippen LogP contribution in [-0.2, 0) is 15.2 Å². The first-order valence-corrected chi connectivity index (χ1v) is 11.3.